The average Bonchev–Trinajstić information content (AvgIpc) is 3.17. The zero-order valence-electron chi connectivity index (χ0n) is 26.9. The Kier molecular flexibility index (Phi) is 8.38. The predicted octanol–water partition coefficient (Wildman–Crippen LogP) is 4.69. The lowest BCUT2D eigenvalue weighted by Gasteiger charge is -2.39. The van der Waals surface area contributed by atoms with Crippen molar-refractivity contribution in [1.82, 2.24) is 29.4 Å². The Bertz CT molecular complexity index is 2310. The van der Waals surface area contributed by atoms with Crippen molar-refractivity contribution in [3.8, 4) is 5.69 Å². The Morgan fingerprint density at radius 2 is 1.31 bits per heavy atom. The van der Waals surface area contributed by atoms with E-state index in [0.29, 0.717) is 16.6 Å². The van der Waals surface area contributed by atoms with E-state index >= 15 is 0 Å². The quantitative estimate of drug-likeness (QED) is 0.177. The monoisotopic (exact) mass is 648 g/mol. The minimum atomic E-state index is -0.942. The van der Waals surface area contributed by atoms with Gasteiger partial charge in [0.2, 0.25) is 0 Å². The zero-order valence-corrected chi connectivity index (χ0v) is 26.9. The Morgan fingerprint density at radius 1 is 0.735 bits per heavy atom. The second-order valence-electron chi connectivity index (χ2n) is 11.6. The number of ether oxygens (including phenoxy) is 1. The maximum absolute atomic E-state index is 13.8. The van der Waals surface area contributed by atoms with Gasteiger partial charge >= 0.3 is 11.7 Å². The minimum Gasteiger partial charge on any atom is -0.468 e. The molecule has 0 spiro atoms. The van der Waals surface area contributed by atoms with Crippen molar-refractivity contribution in [1.29, 1.82) is 0 Å². The molecule has 3 heterocycles. The van der Waals surface area contributed by atoms with Gasteiger partial charge in [-0.1, -0.05) is 103 Å². The lowest BCUT2D eigenvalue weighted by atomic mass is 9.76. The van der Waals surface area contributed by atoms with E-state index in [9.17, 15) is 14.4 Å². The Morgan fingerprint density at radius 3 is 1.90 bits per heavy atom. The summed E-state index contributed by atoms with van der Waals surface area (Å²) in [6.07, 6.45) is 4.66. The van der Waals surface area contributed by atoms with Gasteiger partial charge in [0.25, 0.3) is 5.56 Å². The molecule has 242 valence electrons. The Hall–Kier alpha value is -6.26. The van der Waals surface area contributed by atoms with Crippen LogP contribution in [-0.4, -0.2) is 43.2 Å². The number of methoxy groups -OCH3 is 1. The fourth-order valence-electron chi connectivity index (χ4n) is 6.58. The van der Waals surface area contributed by atoms with Gasteiger partial charge in [-0.05, 0) is 40.8 Å². The molecule has 7 aromatic rings. The van der Waals surface area contributed by atoms with E-state index in [4.69, 9.17) is 4.74 Å². The van der Waals surface area contributed by atoms with E-state index in [2.05, 4.69) is 20.3 Å². The second-order valence-corrected chi connectivity index (χ2v) is 11.6. The Labute approximate surface area is 281 Å². The van der Waals surface area contributed by atoms with Crippen LogP contribution in [0.2, 0.25) is 0 Å². The van der Waals surface area contributed by atoms with E-state index in [-0.39, 0.29) is 17.6 Å². The fraction of sp³-hybridized carbons (Fsp3) is 0.128. The number of carbonyl (C=O) groups excluding carboxylic acids is 1. The summed E-state index contributed by atoms with van der Waals surface area (Å²) < 4.78 is 7.77. The second kappa shape index (κ2) is 13.1. The van der Waals surface area contributed by atoms with Crippen LogP contribution in [0.15, 0.2) is 143 Å². The third-order valence-corrected chi connectivity index (χ3v) is 8.88. The molecule has 10 nitrogen and oxygen atoms in total. The predicted molar refractivity (Wildman–Crippen MR) is 188 cm³/mol. The molecule has 0 aliphatic heterocycles. The molecule has 0 radical (unpaired) electrons. The molecule has 0 unspecified atom stereocenters. The lowest BCUT2D eigenvalue weighted by molar-refractivity contribution is -0.143. The average molecular weight is 649 g/mol. The summed E-state index contributed by atoms with van der Waals surface area (Å²) in [5.74, 6) is -0.452. The first kappa shape index (κ1) is 31.3. The summed E-state index contributed by atoms with van der Waals surface area (Å²) in [6, 6.07) is 36.3. The number of esters is 1. The highest BCUT2D eigenvalue weighted by molar-refractivity contribution is 5.90. The van der Waals surface area contributed by atoms with Gasteiger partial charge in [0.05, 0.1) is 23.9 Å². The van der Waals surface area contributed by atoms with Gasteiger partial charge in [-0.15, -0.1) is 0 Å². The first-order valence-corrected chi connectivity index (χ1v) is 15.8. The van der Waals surface area contributed by atoms with Crippen LogP contribution in [0.4, 0.5) is 0 Å². The van der Waals surface area contributed by atoms with Crippen molar-refractivity contribution in [2.24, 2.45) is 7.05 Å². The first-order valence-electron chi connectivity index (χ1n) is 15.8. The van der Waals surface area contributed by atoms with Crippen molar-refractivity contribution in [2.75, 3.05) is 7.11 Å². The van der Waals surface area contributed by atoms with Gasteiger partial charge in [0.1, 0.15) is 6.04 Å². The van der Waals surface area contributed by atoms with Crippen LogP contribution in [0.5, 0.6) is 0 Å². The van der Waals surface area contributed by atoms with Crippen LogP contribution >= 0.6 is 0 Å². The molecule has 3 aromatic heterocycles. The molecule has 0 amide bonds. The number of carbonyl (C=O) groups is 1. The largest absolute Gasteiger partial charge is 0.468 e. The van der Waals surface area contributed by atoms with Gasteiger partial charge < -0.3 is 4.74 Å². The number of hydrogen-bond donors (Lipinski definition) is 1. The van der Waals surface area contributed by atoms with Crippen LogP contribution in [0.3, 0.4) is 0 Å². The van der Waals surface area contributed by atoms with Crippen LogP contribution in [-0.2, 0) is 28.5 Å². The van der Waals surface area contributed by atoms with Crippen molar-refractivity contribution in [3.05, 3.63) is 177 Å². The van der Waals surface area contributed by atoms with E-state index in [1.165, 1.54) is 24.1 Å². The molecule has 0 aliphatic carbocycles. The smallest absolute Gasteiger partial charge is 0.337 e. The van der Waals surface area contributed by atoms with Crippen molar-refractivity contribution in [3.63, 3.8) is 0 Å². The van der Waals surface area contributed by atoms with Gasteiger partial charge in [0, 0.05) is 31.0 Å². The normalized spacial score (nSPS) is 12.2. The third kappa shape index (κ3) is 5.47. The topological polar surface area (TPSA) is 121 Å². The standard InChI is InChI=1S/C39H32N6O4/c1-44-35-34(41-23-24-42-35)36(46)45(38(44)48)32-21-20-26(30-19-12-22-40-33(30)32)25-31(37(47)49-2)43-39(27-13-6-3-7-14-27,28-15-8-4-9-16-28)29-17-10-5-11-18-29/h3-24,31,43H,25H2,1-2H3/t31-/m0/s1. The molecule has 49 heavy (non-hydrogen) atoms. The molecular weight excluding hydrogens is 616 g/mol. The fourth-order valence-corrected chi connectivity index (χ4v) is 6.58. The Balaban J connectivity index is 1.40. The molecule has 0 aliphatic rings. The maximum Gasteiger partial charge on any atom is 0.337 e. The molecule has 4 aromatic carbocycles. The van der Waals surface area contributed by atoms with Crippen molar-refractivity contribution < 1.29 is 9.53 Å². The summed E-state index contributed by atoms with van der Waals surface area (Å²) in [6.45, 7) is 0. The number of aryl methyl sites for hydroxylation is 1. The zero-order chi connectivity index (χ0) is 34.0. The summed E-state index contributed by atoms with van der Waals surface area (Å²) in [5, 5.41) is 4.43. The number of pyridine rings is 1. The molecule has 1 atom stereocenters. The molecule has 0 saturated carbocycles. The van der Waals surface area contributed by atoms with E-state index < -0.39 is 28.8 Å². The molecule has 10 heteroatoms. The number of benzene rings is 4. The first-order chi connectivity index (χ1) is 23.9. The van der Waals surface area contributed by atoms with Gasteiger partial charge in [-0.3, -0.25) is 24.5 Å². The molecule has 0 fully saturated rings. The van der Waals surface area contributed by atoms with Crippen LogP contribution in [0.25, 0.3) is 27.8 Å². The molecule has 0 bridgehead atoms. The summed E-state index contributed by atoms with van der Waals surface area (Å²) in [4.78, 5) is 54.0. The highest BCUT2D eigenvalue weighted by atomic mass is 16.5. The van der Waals surface area contributed by atoms with Gasteiger partial charge in [0.15, 0.2) is 11.2 Å². The van der Waals surface area contributed by atoms with Gasteiger partial charge in [-0.2, -0.15) is 0 Å². The third-order valence-electron chi connectivity index (χ3n) is 8.88. The van der Waals surface area contributed by atoms with Crippen LogP contribution in [0.1, 0.15) is 22.3 Å². The lowest BCUT2D eigenvalue weighted by Crippen LogP contribution is -2.53. The SMILES string of the molecule is COC(=O)[C@H](Cc1ccc(-n2c(=O)c3nccnc3n(C)c2=O)c2ncccc12)NC(c1ccccc1)(c1ccccc1)c1ccccc1. The van der Waals surface area contributed by atoms with Crippen molar-refractivity contribution in [2.45, 2.75) is 18.0 Å². The number of hydrogen-bond acceptors (Lipinski definition) is 8. The summed E-state index contributed by atoms with van der Waals surface area (Å²) >= 11 is 0. The highest BCUT2D eigenvalue weighted by Crippen LogP contribution is 2.38. The highest BCUT2D eigenvalue weighted by Gasteiger charge is 2.40. The van der Waals surface area contributed by atoms with E-state index in [1.807, 2.05) is 103 Å². The number of nitrogens with zero attached hydrogens (tertiary/aromatic N) is 5. The van der Waals surface area contributed by atoms with E-state index in [1.54, 1.807) is 25.4 Å². The van der Waals surface area contributed by atoms with Crippen LogP contribution < -0.4 is 16.6 Å². The number of fused-ring (bicyclic) bond motifs is 2. The van der Waals surface area contributed by atoms with Gasteiger partial charge in [-0.25, -0.2) is 19.3 Å². The molecular formula is C39H32N6O4. The number of rotatable bonds is 9. The minimum absolute atomic E-state index is 0.0618. The van der Waals surface area contributed by atoms with Crippen LogP contribution in [0, 0.1) is 0 Å². The maximum atomic E-state index is 13.8. The molecule has 0 saturated heterocycles. The molecule has 7 rings (SSSR count). The van der Waals surface area contributed by atoms with Crippen molar-refractivity contribution >= 4 is 28.0 Å². The summed E-state index contributed by atoms with van der Waals surface area (Å²) in [5.41, 5.74) is 2.45. The number of aromatic nitrogens is 5. The molecule has 1 N–H and O–H groups in total. The summed E-state index contributed by atoms with van der Waals surface area (Å²) in [7, 11) is 2.92. The van der Waals surface area contributed by atoms with E-state index in [0.717, 1.165) is 26.8 Å². The number of nitrogens with one attached hydrogen (secondary N) is 1.